The van der Waals surface area contributed by atoms with E-state index in [1.807, 2.05) is 0 Å². The highest BCUT2D eigenvalue weighted by molar-refractivity contribution is 6.30. The number of carbonyl (C=O) groups is 1. The van der Waals surface area contributed by atoms with Crippen molar-refractivity contribution in [2.75, 3.05) is 0 Å². The average Bonchev–Trinajstić information content (AvgIpc) is 2.40. The topological polar surface area (TPSA) is 37.3 Å². The van der Waals surface area contributed by atoms with Crippen molar-refractivity contribution in [2.45, 2.75) is 12.5 Å². The second kappa shape index (κ2) is 5.95. The van der Waals surface area contributed by atoms with Gasteiger partial charge in [-0.05, 0) is 42.0 Å². The molecule has 98 valence electrons. The van der Waals surface area contributed by atoms with Gasteiger partial charge in [-0.1, -0.05) is 23.7 Å². The van der Waals surface area contributed by atoms with Crippen molar-refractivity contribution >= 4 is 17.4 Å². The summed E-state index contributed by atoms with van der Waals surface area (Å²) in [5, 5.41) is 10.5. The van der Waals surface area contributed by atoms with E-state index in [-0.39, 0.29) is 12.2 Å². The van der Waals surface area contributed by atoms with Crippen LogP contribution in [-0.2, 0) is 0 Å². The van der Waals surface area contributed by atoms with Crippen LogP contribution in [-0.4, -0.2) is 10.9 Å². The number of hydrogen-bond donors (Lipinski definition) is 1. The van der Waals surface area contributed by atoms with Gasteiger partial charge in [0.2, 0.25) is 0 Å². The lowest BCUT2D eigenvalue weighted by molar-refractivity contribution is 0.0880. The highest BCUT2D eigenvalue weighted by Crippen LogP contribution is 2.21. The Morgan fingerprint density at radius 3 is 2.26 bits per heavy atom. The minimum Gasteiger partial charge on any atom is -0.388 e. The number of benzene rings is 2. The number of rotatable bonds is 4. The number of aliphatic hydroxyl groups is 1. The summed E-state index contributed by atoms with van der Waals surface area (Å²) in [7, 11) is 0. The van der Waals surface area contributed by atoms with Gasteiger partial charge in [0.15, 0.2) is 5.78 Å². The number of Topliss-reactive ketones (excluding diaryl/α,β-unsaturated/α-hetero) is 1. The smallest absolute Gasteiger partial charge is 0.165 e. The molecule has 0 bridgehead atoms. The van der Waals surface area contributed by atoms with Crippen LogP contribution in [0.4, 0.5) is 4.39 Å². The van der Waals surface area contributed by atoms with Gasteiger partial charge >= 0.3 is 0 Å². The molecule has 0 amide bonds. The largest absolute Gasteiger partial charge is 0.388 e. The van der Waals surface area contributed by atoms with Crippen LogP contribution in [0.2, 0.25) is 5.02 Å². The summed E-state index contributed by atoms with van der Waals surface area (Å²) in [6.45, 7) is 0. The zero-order chi connectivity index (χ0) is 13.8. The fourth-order valence-corrected chi connectivity index (χ4v) is 1.86. The van der Waals surface area contributed by atoms with E-state index in [9.17, 15) is 14.3 Å². The van der Waals surface area contributed by atoms with Gasteiger partial charge in [-0.25, -0.2) is 4.39 Å². The predicted molar refractivity (Wildman–Crippen MR) is 71.8 cm³/mol. The molecule has 0 fully saturated rings. The summed E-state index contributed by atoms with van der Waals surface area (Å²) in [5.41, 5.74) is 1.01. The molecule has 0 aliphatic carbocycles. The van der Waals surface area contributed by atoms with Gasteiger partial charge in [0.25, 0.3) is 0 Å². The van der Waals surface area contributed by atoms with Crippen LogP contribution in [0.1, 0.15) is 28.4 Å². The van der Waals surface area contributed by atoms with E-state index in [0.29, 0.717) is 16.1 Å². The van der Waals surface area contributed by atoms with E-state index >= 15 is 0 Å². The van der Waals surface area contributed by atoms with E-state index in [4.69, 9.17) is 11.6 Å². The summed E-state index contributed by atoms with van der Waals surface area (Å²) in [4.78, 5) is 11.9. The molecule has 1 N–H and O–H groups in total. The molecule has 0 radical (unpaired) electrons. The summed E-state index contributed by atoms with van der Waals surface area (Å²) in [6.07, 6.45) is -0.942. The van der Waals surface area contributed by atoms with Crippen LogP contribution in [0.3, 0.4) is 0 Å². The van der Waals surface area contributed by atoms with Crippen molar-refractivity contribution in [1.29, 1.82) is 0 Å². The third-order valence-electron chi connectivity index (χ3n) is 2.80. The lowest BCUT2D eigenvalue weighted by Crippen LogP contribution is -2.07. The maximum atomic E-state index is 12.7. The summed E-state index contributed by atoms with van der Waals surface area (Å²) < 4.78 is 12.7. The molecule has 2 aromatic rings. The Labute approximate surface area is 115 Å². The molecule has 4 heteroatoms. The first kappa shape index (κ1) is 13.7. The van der Waals surface area contributed by atoms with Crippen molar-refractivity contribution in [3.8, 4) is 0 Å². The molecular weight excluding hydrogens is 267 g/mol. The van der Waals surface area contributed by atoms with Crippen LogP contribution < -0.4 is 0 Å². The molecule has 2 rings (SSSR count). The quantitative estimate of drug-likeness (QED) is 0.864. The van der Waals surface area contributed by atoms with Gasteiger partial charge in [0, 0.05) is 17.0 Å². The number of carbonyl (C=O) groups excluding carboxylic acids is 1. The number of halogens is 2. The van der Waals surface area contributed by atoms with Gasteiger partial charge in [-0.15, -0.1) is 0 Å². The van der Waals surface area contributed by atoms with Crippen LogP contribution in [0.25, 0.3) is 0 Å². The fourth-order valence-electron chi connectivity index (χ4n) is 1.73. The number of hydrogen-bond acceptors (Lipinski definition) is 2. The Morgan fingerprint density at radius 2 is 1.68 bits per heavy atom. The summed E-state index contributed by atoms with van der Waals surface area (Å²) >= 11 is 5.75. The average molecular weight is 279 g/mol. The van der Waals surface area contributed by atoms with Crippen LogP contribution in [0, 0.1) is 5.82 Å². The standard InChI is InChI=1S/C15H12ClFO2/c16-12-5-1-10(2-6-12)14(18)9-15(19)11-3-7-13(17)8-4-11/h1-8,14,18H,9H2/t14-/m1/s1. The van der Waals surface area contributed by atoms with E-state index in [2.05, 4.69) is 0 Å². The fraction of sp³-hybridized carbons (Fsp3) is 0.133. The predicted octanol–water partition coefficient (Wildman–Crippen LogP) is 3.79. The summed E-state index contributed by atoms with van der Waals surface area (Å²) in [5.74, 6) is -0.628. The molecule has 0 aromatic heterocycles. The molecule has 0 saturated heterocycles. The van der Waals surface area contributed by atoms with Crippen molar-refractivity contribution in [3.05, 3.63) is 70.5 Å². The minimum absolute atomic E-state index is 0.0483. The van der Waals surface area contributed by atoms with Gasteiger partial charge in [-0.2, -0.15) is 0 Å². The number of aliphatic hydroxyl groups excluding tert-OH is 1. The molecule has 2 aromatic carbocycles. The Hall–Kier alpha value is -1.71. The second-order valence-corrected chi connectivity index (χ2v) is 4.64. The van der Waals surface area contributed by atoms with Crippen molar-refractivity contribution in [3.63, 3.8) is 0 Å². The molecule has 0 unspecified atom stereocenters. The first-order valence-electron chi connectivity index (χ1n) is 5.78. The first-order valence-corrected chi connectivity index (χ1v) is 6.16. The molecule has 0 heterocycles. The maximum Gasteiger partial charge on any atom is 0.165 e. The van der Waals surface area contributed by atoms with Gasteiger partial charge in [0.1, 0.15) is 5.82 Å². The van der Waals surface area contributed by atoms with Crippen molar-refractivity contribution in [2.24, 2.45) is 0 Å². The highest BCUT2D eigenvalue weighted by atomic mass is 35.5. The van der Waals surface area contributed by atoms with E-state index in [1.54, 1.807) is 24.3 Å². The Balaban J connectivity index is 2.06. The Bertz CT molecular complexity index is 564. The molecule has 0 spiro atoms. The zero-order valence-electron chi connectivity index (χ0n) is 10.0. The summed E-state index contributed by atoms with van der Waals surface area (Å²) in [6, 6.07) is 11.9. The van der Waals surface area contributed by atoms with Crippen LogP contribution in [0.15, 0.2) is 48.5 Å². The third-order valence-corrected chi connectivity index (χ3v) is 3.05. The van der Waals surface area contributed by atoms with E-state index in [1.165, 1.54) is 24.3 Å². The first-order chi connectivity index (χ1) is 9.06. The minimum atomic E-state index is -0.894. The molecule has 2 nitrogen and oxygen atoms in total. The van der Waals surface area contributed by atoms with Crippen LogP contribution in [0.5, 0.6) is 0 Å². The Kier molecular flexibility index (Phi) is 4.30. The lowest BCUT2D eigenvalue weighted by atomic mass is 10.0. The molecular formula is C15H12ClFO2. The normalized spacial score (nSPS) is 12.2. The molecule has 1 atom stereocenters. The van der Waals surface area contributed by atoms with Gasteiger partial charge in [0.05, 0.1) is 6.10 Å². The Morgan fingerprint density at radius 1 is 1.11 bits per heavy atom. The van der Waals surface area contributed by atoms with Crippen molar-refractivity contribution in [1.82, 2.24) is 0 Å². The highest BCUT2D eigenvalue weighted by Gasteiger charge is 2.14. The lowest BCUT2D eigenvalue weighted by Gasteiger charge is -2.10. The second-order valence-electron chi connectivity index (χ2n) is 4.20. The van der Waals surface area contributed by atoms with Crippen molar-refractivity contribution < 1.29 is 14.3 Å². The maximum absolute atomic E-state index is 12.7. The molecule has 0 aliphatic heterocycles. The monoisotopic (exact) mass is 278 g/mol. The van der Waals surface area contributed by atoms with Gasteiger partial charge in [-0.3, -0.25) is 4.79 Å². The molecule has 0 aliphatic rings. The van der Waals surface area contributed by atoms with Crippen LogP contribution >= 0.6 is 11.6 Å². The third kappa shape index (κ3) is 3.63. The SMILES string of the molecule is O=C(C[C@@H](O)c1ccc(Cl)cc1)c1ccc(F)cc1. The molecule has 0 saturated carbocycles. The number of ketones is 1. The zero-order valence-corrected chi connectivity index (χ0v) is 10.8. The van der Waals surface area contributed by atoms with E-state index < -0.39 is 11.9 Å². The molecule has 19 heavy (non-hydrogen) atoms. The van der Waals surface area contributed by atoms with E-state index in [0.717, 1.165) is 0 Å². The van der Waals surface area contributed by atoms with Gasteiger partial charge < -0.3 is 5.11 Å².